The van der Waals surface area contributed by atoms with Gasteiger partial charge in [-0.1, -0.05) is 39.5 Å². The number of hydrogen-bond donors (Lipinski definition) is 4. The third kappa shape index (κ3) is 7.54. The van der Waals surface area contributed by atoms with Crippen LogP contribution in [0.3, 0.4) is 0 Å². The molecule has 2 fully saturated rings. The molecule has 4 heterocycles. The highest BCUT2D eigenvalue weighted by atomic mass is 16.5. The molecule has 4 atom stereocenters. The molecule has 0 aliphatic carbocycles. The van der Waals surface area contributed by atoms with E-state index in [4.69, 9.17) is 19.4 Å². The second kappa shape index (κ2) is 15.3. The fourth-order valence-corrected chi connectivity index (χ4v) is 7.05. The monoisotopic (exact) mass is 710 g/mol. The van der Waals surface area contributed by atoms with E-state index >= 15 is 0 Å². The van der Waals surface area contributed by atoms with Gasteiger partial charge in [0.2, 0.25) is 11.8 Å². The lowest BCUT2D eigenvalue weighted by Gasteiger charge is -2.29. The number of rotatable bonds is 8. The summed E-state index contributed by atoms with van der Waals surface area (Å²) in [6.45, 7) is 8.72. The molecule has 0 saturated carbocycles. The van der Waals surface area contributed by atoms with E-state index in [1.54, 1.807) is 9.80 Å². The summed E-state index contributed by atoms with van der Waals surface area (Å²) in [6.07, 6.45) is 1.92. The number of imidazole rings is 2. The van der Waals surface area contributed by atoms with E-state index < -0.39 is 24.3 Å². The van der Waals surface area contributed by atoms with Gasteiger partial charge in [-0.05, 0) is 73.9 Å². The Balaban J connectivity index is 1.17. The van der Waals surface area contributed by atoms with Crippen LogP contribution in [0.4, 0.5) is 9.59 Å². The molecule has 2 aliphatic rings. The minimum atomic E-state index is -0.701. The highest BCUT2D eigenvalue weighted by molar-refractivity contribution is 5.87. The molecule has 2 unspecified atom stereocenters. The van der Waals surface area contributed by atoms with E-state index in [9.17, 15) is 19.2 Å². The number of fused-ring (bicyclic) bond motifs is 2. The van der Waals surface area contributed by atoms with Crippen molar-refractivity contribution in [3.63, 3.8) is 0 Å². The molecule has 2 aliphatic heterocycles. The number of likely N-dealkylation sites (tertiary alicyclic amines) is 2. The quantitative estimate of drug-likeness (QED) is 0.186. The number of H-pyrrole nitrogens is 2. The Hall–Kier alpha value is -5.58. The first-order chi connectivity index (χ1) is 25.0. The lowest BCUT2D eigenvalue weighted by atomic mass is 10.0. The van der Waals surface area contributed by atoms with Crippen LogP contribution in [0.15, 0.2) is 36.4 Å². The van der Waals surface area contributed by atoms with Crippen LogP contribution >= 0.6 is 0 Å². The zero-order valence-corrected chi connectivity index (χ0v) is 30.4. The van der Waals surface area contributed by atoms with Gasteiger partial charge >= 0.3 is 12.2 Å². The standard InChI is InChI=1S/C38H46N8O6/c1-21(2)31(43-37(49)51-5)35(47)45-17-7-9-29(45)33-39-25-15-13-23(19-27(25)41-33)11-12-24-14-16-26-28(20-24)42-34(40-26)30-10-8-18-46(30)36(48)32(22(3)4)44-38(50)52-6/h13-16,19-22,29-32H,7-10,17-18H2,1-6H3,(H,39,41)(H,40,42)(H,43,49)(H,44,50)/t29-,30-,31?,32?/m0/s1. The van der Waals surface area contributed by atoms with Gasteiger partial charge in [-0.3, -0.25) is 9.59 Å². The zero-order valence-electron chi connectivity index (χ0n) is 30.4. The number of methoxy groups -OCH3 is 2. The summed E-state index contributed by atoms with van der Waals surface area (Å²) >= 11 is 0. The van der Waals surface area contributed by atoms with Crippen molar-refractivity contribution in [3.8, 4) is 11.8 Å². The highest BCUT2D eigenvalue weighted by Gasteiger charge is 2.39. The van der Waals surface area contributed by atoms with Crippen molar-refractivity contribution >= 4 is 46.1 Å². The first-order valence-electron chi connectivity index (χ1n) is 17.8. The van der Waals surface area contributed by atoms with Gasteiger partial charge in [-0.15, -0.1) is 0 Å². The fraction of sp³-hybridized carbons (Fsp3) is 0.474. The number of hydrogen-bond acceptors (Lipinski definition) is 8. The molecule has 2 aromatic carbocycles. The minimum absolute atomic E-state index is 0.116. The van der Waals surface area contributed by atoms with Crippen LogP contribution in [0.2, 0.25) is 0 Å². The van der Waals surface area contributed by atoms with Gasteiger partial charge in [0, 0.05) is 24.2 Å². The maximum atomic E-state index is 13.5. The predicted molar refractivity (Wildman–Crippen MR) is 194 cm³/mol. The summed E-state index contributed by atoms with van der Waals surface area (Å²) in [7, 11) is 2.57. The Morgan fingerprint density at radius 1 is 0.712 bits per heavy atom. The van der Waals surface area contributed by atoms with Gasteiger partial charge in [0.15, 0.2) is 0 Å². The van der Waals surface area contributed by atoms with E-state index in [0.717, 1.165) is 58.9 Å². The summed E-state index contributed by atoms with van der Waals surface area (Å²) in [5.74, 6) is 7.35. The van der Waals surface area contributed by atoms with Crippen LogP contribution in [-0.2, 0) is 19.1 Å². The van der Waals surface area contributed by atoms with Crippen LogP contribution in [0.1, 0.15) is 88.2 Å². The van der Waals surface area contributed by atoms with Crippen molar-refractivity contribution in [3.05, 3.63) is 59.2 Å². The van der Waals surface area contributed by atoms with Gasteiger partial charge in [-0.2, -0.15) is 0 Å². The summed E-state index contributed by atoms with van der Waals surface area (Å²) in [5.41, 5.74) is 4.76. The summed E-state index contributed by atoms with van der Waals surface area (Å²) < 4.78 is 9.50. The number of alkyl carbamates (subject to hydrolysis) is 2. The number of carbonyl (C=O) groups is 4. The zero-order chi connectivity index (χ0) is 37.1. The molecule has 52 heavy (non-hydrogen) atoms. The summed E-state index contributed by atoms with van der Waals surface area (Å²) in [4.78, 5) is 71.1. The molecule has 14 heteroatoms. The van der Waals surface area contributed by atoms with E-state index in [0.29, 0.717) is 24.7 Å². The molecule has 6 rings (SSSR count). The van der Waals surface area contributed by atoms with Crippen molar-refractivity contribution in [2.45, 2.75) is 77.5 Å². The Labute approximate surface area is 302 Å². The van der Waals surface area contributed by atoms with Crippen molar-refractivity contribution < 1.29 is 28.7 Å². The van der Waals surface area contributed by atoms with Crippen LogP contribution in [-0.4, -0.2) is 93.1 Å². The third-order valence-corrected chi connectivity index (χ3v) is 9.84. The highest BCUT2D eigenvalue weighted by Crippen LogP contribution is 2.34. The maximum absolute atomic E-state index is 13.5. The Kier molecular flexibility index (Phi) is 10.7. The number of aromatic amines is 2. The van der Waals surface area contributed by atoms with Crippen molar-refractivity contribution in [1.29, 1.82) is 0 Å². The largest absolute Gasteiger partial charge is 0.453 e. The molecule has 2 saturated heterocycles. The van der Waals surface area contributed by atoms with Gasteiger partial charge in [0.05, 0.1) is 48.4 Å². The van der Waals surface area contributed by atoms with Crippen molar-refractivity contribution in [2.75, 3.05) is 27.3 Å². The second-order valence-electron chi connectivity index (χ2n) is 14.1. The topological polar surface area (TPSA) is 175 Å². The molecule has 4 amide bonds. The predicted octanol–water partition coefficient (Wildman–Crippen LogP) is 4.93. The molecule has 0 bridgehead atoms. The summed E-state index contributed by atoms with van der Waals surface area (Å²) in [5, 5.41) is 5.37. The molecular formula is C38H46N8O6. The lowest BCUT2D eigenvalue weighted by Crippen LogP contribution is -2.51. The van der Waals surface area contributed by atoms with E-state index in [2.05, 4.69) is 32.4 Å². The molecular weight excluding hydrogens is 664 g/mol. The van der Waals surface area contributed by atoms with Crippen molar-refractivity contribution in [1.82, 2.24) is 40.4 Å². The van der Waals surface area contributed by atoms with Crippen molar-refractivity contribution in [2.24, 2.45) is 11.8 Å². The lowest BCUT2D eigenvalue weighted by molar-refractivity contribution is -0.136. The smallest absolute Gasteiger partial charge is 0.407 e. The van der Waals surface area contributed by atoms with E-state index in [1.807, 2.05) is 64.1 Å². The van der Waals surface area contributed by atoms with Gasteiger partial charge in [-0.25, -0.2) is 19.6 Å². The van der Waals surface area contributed by atoms with Gasteiger partial charge in [0.25, 0.3) is 0 Å². The average Bonchev–Trinajstić information content (AvgIpc) is 3.95. The molecule has 14 nitrogen and oxygen atoms in total. The Bertz CT molecular complexity index is 1900. The van der Waals surface area contributed by atoms with Crippen LogP contribution < -0.4 is 10.6 Å². The number of amides is 4. The molecule has 4 N–H and O–H groups in total. The van der Waals surface area contributed by atoms with Crippen LogP contribution in [0.5, 0.6) is 0 Å². The first-order valence-corrected chi connectivity index (χ1v) is 17.8. The number of ether oxygens (including phenoxy) is 2. The third-order valence-electron chi connectivity index (χ3n) is 9.84. The number of benzene rings is 2. The molecule has 0 spiro atoms. The van der Waals surface area contributed by atoms with Gasteiger partial charge in [0.1, 0.15) is 23.7 Å². The molecule has 0 radical (unpaired) electrons. The average molecular weight is 711 g/mol. The van der Waals surface area contributed by atoms with Gasteiger partial charge < -0.3 is 39.9 Å². The van der Waals surface area contributed by atoms with Crippen LogP contribution in [0, 0.1) is 23.7 Å². The normalized spacial score (nSPS) is 18.4. The minimum Gasteiger partial charge on any atom is -0.453 e. The summed E-state index contributed by atoms with van der Waals surface area (Å²) in [6, 6.07) is 9.72. The number of nitrogens with zero attached hydrogens (tertiary/aromatic N) is 4. The van der Waals surface area contributed by atoms with E-state index in [1.165, 1.54) is 14.2 Å². The molecule has 4 aromatic rings. The first kappa shape index (κ1) is 36.2. The number of carbonyl (C=O) groups excluding carboxylic acids is 4. The number of nitrogens with one attached hydrogen (secondary N) is 4. The molecule has 2 aromatic heterocycles. The molecule has 274 valence electrons. The second-order valence-corrected chi connectivity index (χ2v) is 14.1. The fourth-order valence-electron chi connectivity index (χ4n) is 7.05. The van der Waals surface area contributed by atoms with Crippen LogP contribution in [0.25, 0.3) is 22.1 Å². The maximum Gasteiger partial charge on any atom is 0.407 e. The Morgan fingerprint density at radius 2 is 1.12 bits per heavy atom. The number of aromatic nitrogens is 4. The Morgan fingerprint density at radius 3 is 1.48 bits per heavy atom. The SMILES string of the molecule is COC(=O)NC(C(=O)N1CCC[C@H]1c1nc2cc(C#Cc3ccc4[nH]c([C@@H]5CCCN5C(=O)C(NC(=O)OC)C(C)C)nc4c3)ccc2[nH]1)C(C)C. The van der Waals surface area contributed by atoms with E-state index in [-0.39, 0.29) is 35.7 Å².